The van der Waals surface area contributed by atoms with Crippen LogP contribution in [0.25, 0.3) is 11.0 Å². The van der Waals surface area contributed by atoms with Crippen molar-refractivity contribution in [3.8, 4) is 5.75 Å². The average Bonchev–Trinajstić information content (AvgIpc) is 2.67. The number of carbonyl (C=O) groups excluding carboxylic acids is 2. The van der Waals surface area contributed by atoms with E-state index in [0.29, 0.717) is 10.9 Å². The molecule has 0 N–H and O–H groups in total. The molecule has 1 saturated carbocycles. The molecule has 0 spiro atoms. The van der Waals surface area contributed by atoms with Crippen LogP contribution in [0.2, 0.25) is 5.02 Å². The topological polar surface area (TPSA) is 82.8 Å². The Morgan fingerprint density at radius 3 is 2.59 bits per heavy atom. The molecule has 6 nitrogen and oxygen atoms in total. The lowest BCUT2D eigenvalue weighted by molar-refractivity contribution is -0.140. The number of esters is 2. The van der Waals surface area contributed by atoms with E-state index in [2.05, 4.69) is 4.74 Å². The molecule has 7 heteroatoms. The predicted octanol–water partition coefficient (Wildman–Crippen LogP) is 3.96. The molecular weight excluding hydrogens is 372 g/mol. The third-order valence-corrected chi connectivity index (χ3v) is 5.33. The van der Waals surface area contributed by atoms with Crippen molar-refractivity contribution in [2.75, 3.05) is 7.11 Å². The summed E-state index contributed by atoms with van der Waals surface area (Å²) < 4.78 is 15.4. The SMILES string of the molecule is COC(=O)Cc1c(C)c2cc(Cl)c(OC(=O)C3CCCCC3)cc2oc1=O. The summed E-state index contributed by atoms with van der Waals surface area (Å²) in [6.45, 7) is 1.71. The summed E-state index contributed by atoms with van der Waals surface area (Å²) in [5, 5.41) is 0.823. The predicted molar refractivity (Wildman–Crippen MR) is 100 cm³/mol. The summed E-state index contributed by atoms with van der Waals surface area (Å²) in [6.07, 6.45) is 4.62. The average molecular weight is 393 g/mol. The highest BCUT2D eigenvalue weighted by Gasteiger charge is 2.24. The van der Waals surface area contributed by atoms with E-state index in [-0.39, 0.29) is 40.2 Å². The number of ether oxygens (including phenoxy) is 2. The Bertz CT molecular complexity index is 940. The number of hydrogen-bond donors (Lipinski definition) is 0. The van der Waals surface area contributed by atoms with Crippen LogP contribution in [0, 0.1) is 12.8 Å². The lowest BCUT2D eigenvalue weighted by Gasteiger charge is -2.20. The van der Waals surface area contributed by atoms with E-state index in [1.54, 1.807) is 13.0 Å². The lowest BCUT2D eigenvalue weighted by atomic mass is 9.89. The van der Waals surface area contributed by atoms with Gasteiger partial charge in [-0.25, -0.2) is 4.79 Å². The molecule has 1 aromatic heterocycles. The van der Waals surface area contributed by atoms with Gasteiger partial charge in [0, 0.05) is 11.5 Å². The molecule has 3 rings (SSSR count). The Hall–Kier alpha value is -2.34. The van der Waals surface area contributed by atoms with Gasteiger partial charge in [0.2, 0.25) is 0 Å². The molecule has 0 bridgehead atoms. The molecule has 0 amide bonds. The second-order valence-corrected chi connectivity index (χ2v) is 7.19. The summed E-state index contributed by atoms with van der Waals surface area (Å²) in [5.41, 5.74) is 0.426. The van der Waals surface area contributed by atoms with Crippen LogP contribution >= 0.6 is 11.6 Å². The molecule has 0 atom stereocenters. The zero-order valence-corrected chi connectivity index (χ0v) is 16.1. The van der Waals surface area contributed by atoms with Gasteiger partial charge < -0.3 is 13.9 Å². The van der Waals surface area contributed by atoms with E-state index in [1.165, 1.54) is 13.2 Å². The largest absolute Gasteiger partial charge is 0.469 e. The van der Waals surface area contributed by atoms with Crippen molar-refractivity contribution in [1.82, 2.24) is 0 Å². The van der Waals surface area contributed by atoms with Crippen LogP contribution in [0.3, 0.4) is 0 Å². The molecule has 0 unspecified atom stereocenters. The second kappa shape index (κ2) is 8.13. The quantitative estimate of drug-likeness (QED) is 0.445. The van der Waals surface area contributed by atoms with Crippen molar-refractivity contribution < 1.29 is 23.5 Å². The molecule has 0 radical (unpaired) electrons. The Kier molecular flexibility index (Phi) is 5.85. The molecule has 1 aliphatic rings. The maximum atomic E-state index is 12.4. The summed E-state index contributed by atoms with van der Waals surface area (Å²) >= 11 is 6.29. The second-order valence-electron chi connectivity index (χ2n) is 6.78. The first-order valence-corrected chi connectivity index (χ1v) is 9.33. The minimum atomic E-state index is -0.628. The fraction of sp³-hybridized carbons (Fsp3) is 0.450. The minimum Gasteiger partial charge on any atom is -0.469 e. The van der Waals surface area contributed by atoms with E-state index in [4.69, 9.17) is 20.8 Å². The van der Waals surface area contributed by atoms with Crippen LogP contribution in [0.1, 0.15) is 43.2 Å². The fourth-order valence-electron chi connectivity index (χ4n) is 3.42. The molecule has 1 fully saturated rings. The van der Waals surface area contributed by atoms with Gasteiger partial charge in [0.1, 0.15) is 5.58 Å². The highest BCUT2D eigenvalue weighted by molar-refractivity contribution is 6.33. The van der Waals surface area contributed by atoms with E-state index in [1.807, 2.05) is 0 Å². The smallest absolute Gasteiger partial charge is 0.340 e. The van der Waals surface area contributed by atoms with Crippen molar-refractivity contribution in [2.45, 2.75) is 45.4 Å². The number of hydrogen-bond acceptors (Lipinski definition) is 6. The first-order valence-electron chi connectivity index (χ1n) is 8.95. The molecule has 0 saturated heterocycles. The van der Waals surface area contributed by atoms with E-state index in [9.17, 15) is 14.4 Å². The normalized spacial score (nSPS) is 14.9. The minimum absolute atomic E-state index is 0.123. The van der Waals surface area contributed by atoms with Crippen LogP contribution < -0.4 is 10.4 Å². The molecule has 27 heavy (non-hydrogen) atoms. The molecule has 1 aliphatic carbocycles. The number of halogens is 1. The molecular formula is C20H21ClO6. The van der Waals surface area contributed by atoms with Crippen LogP contribution in [-0.4, -0.2) is 19.0 Å². The molecule has 1 aromatic carbocycles. The summed E-state index contributed by atoms with van der Waals surface area (Å²) in [5.74, 6) is -0.795. The van der Waals surface area contributed by atoms with Crippen LogP contribution in [0.4, 0.5) is 0 Å². The van der Waals surface area contributed by atoms with Crippen LogP contribution in [0.15, 0.2) is 21.3 Å². The van der Waals surface area contributed by atoms with Gasteiger partial charge in [-0.2, -0.15) is 0 Å². The number of benzene rings is 1. The number of fused-ring (bicyclic) bond motifs is 1. The van der Waals surface area contributed by atoms with Gasteiger partial charge in [0.05, 0.1) is 30.0 Å². The zero-order chi connectivity index (χ0) is 19.6. The van der Waals surface area contributed by atoms with Gasteiger partial charge in [0.15, 0.2) is 5.75 Å². The third-order valence-electron chi connectivity index (χ3n) is 5.04. The van der Waals surface area contributed by atoms with Crippen LogP contribution in [-0.2, 0) is 20.7 Å². The maximum absolute atomic E-state index is 12.4. The summed E-state index contributed by atoms with van der Waals surface area (Å²) in [4.78, 5) is 36.2. The molecule has 2 aromatic rings. The Morgan fingerprint density at radius 1 is 1.22 bits per heavy atom. The first-order chi connectivity index (χ1) is 12.9. The standard InChI is InChI=1S/C20H21ClO6/c1-11-13-8-15(21)17(27-19(23)12-6-4-3-5-7-12)10-16(13)26-20(24)14(11)9-18(22)25-2/h8,10,12H,3-7,9H2,1-2H3. The number of aryl methyl sites for hydroxylation is 1. The number of carbonyl (C=O) groups is 2. The third kappa shape index (κ3) is 4.16. The van der Waals surface area contributed by atoms with Crippen molar-refractivity contribution >= 4 is 34.5 Å². The molecule has 144 valence electrons. The molecule has 1 heterocycles. The van der Waals surface area contributed by atoms with Gasteiger partial charge in [-0.3, -0.25) is 9.59 Å². The van der Waals surface area contributed by atoms with Crippen LogP contribution in [0.5, 0.6) is 5.75 Å². The Labute approximate surface area is 161 Å². The van der Waals surface area contributed by atoms with Crippen molar-refractivity contribution in [3.63, 3.8) is 0 Å². The van der Waals surface area contributed by atoms with E-state index >= 15 is 0 Å². The van der Waals surface area contributed by atoms with E-state index in [0.717, 1.165) is 32.1 Å². The highest BCUT2D eigenvalue weighted by Crippen LogP contribution is 2.33. The maximum Gasteiger partial charge on any atom is 0.340 e. The van der Waals surface area contributed by atoms with Crippen molar-refractivity contribution in [2.24, 2.45) is 5.92 Å². The fourth-order valence-corrected chi connectivity index (χ4v) is 3.62. The first kappa shape index (κ1) is 19.4. The van der Waals surface area contributed by atoms with Gasteiger partial charge in [0.25, 0.3) is 0 Å². The zero-order valence-electron chi connectivity index (χ0n) is 15.3. The number of rotatable bonds is 4. The van der Waals surface area contributed by atoms with E-state index < -0.39 is 11.6 Å². The summed E-state index contributed by atoms with van der Waals surface area (Å²) in [6, 6.07) is 3.04. The highest BCUT2D eigenvalue weighted by atomic mass is 35.5. The van der Waals surface area contributed by atoms with Gasteiger partial charge in [-0.05, 0) is 31.4 Å². The van der Waals surface area contributed by atoms with Crippen molar-refractivity contribution in [3.05, 3.63) is 38.7 Å². The molecule has 0 aliphatic heterocycles. The van der Waals surface area contributed by atoms with Crippen molar-refractivity contribution in [1.29, 1.82) is 0 Å². The Balaban J connectivity index is 1.94. The summed E-state index contributed by atoms with van der Waals surface area (Å²) in [7, 11) is 1.25. The number of methoxy groups -OCH3 is 1. The van der Waals surface area contributed by atoms with Gasteiger partial charge in [-0.15, -0.1) is 0 Å². The monoisotopic (exact) mass is 392 g/mol. The van der Waals surface area contributed by atoms with Gasteiger partial charge in [-0.1, -0.05) is 30.9 Å². The van der Waals surface area contributed by atoms with Gasteiger partial charge >= 0.3 is 17.6 Å². The Morgan fingerprint density at radius 2 is 1.93 bits per heavy atom. The lowest BCUT2D eigenvalue weighted by Crippen LogP contribution is -2.23.